The van der Waals surface area contributed by atoms with Crippen molar-refractivity contribution in [3.63, 3.8) is 0 Å². The van der Waals surface area contributed by atoms with E-state index in [1.54, 1.807) is 43.4 Å². The van der Waals surface area contributed by atoms with Gasteiger partial charge in [-0.05, 0) is 42.5 Å². The number of anilines is 2. The first-order valence-electron chi connectivity index (χ1n) is 10.3. The second kappa shape index (κ2) is 9.44. The van der Waals surface area contributed by atoms with E-state index in [2.05, 4.69) is 10.3 Å². The first-order chi connectivity index (χ1) is 16.0. The molecular weight excluding hydrogens is 418 g/mol. The van der Waals surface area contributed by atoms with Crippen LogP contribution >= 0.6 is 0 Å². The Labute approximate surface area is 192 Å². The van der Waals surface area contributed by atoms with Crippen molar-refractivity contribution in [2.45, 2.75) is 0 Å². The Morgan fingerprint density at radius 3 is 2.36 bits per heavy atom. The van der Waals surface area contributed by atoms with E-state index in [9.17, 15) is 4.79 Å². The Kier molecular flexibility index (Phi) is 6.26. The number of amides is 1. The molecule has 4 aromatic rings. The fourth-order valence-corrected chi connectivity index (χ4v) is 3.37. The monoisotopic (exact) mass is 443 g/mol. The Hall–Kier alpha value is -4.33. The molecule has 168 valence electrons. The SMILES string of the molecule is COc1ccc(-c2nn(-c3ccccc3)cc2C(=O)Nc2ccc(N(C)C)nc2)cc1OC. The molecule has 0 aliphatic carbocycles. The van der Waals surface area contributed by atoms with Crippen molar-refractivity contribution in [3.05, 3.63) is 78.6 Å². The van der Waals surface area contributed by atoms with Crippen LogP contribution in [-0.2, 0) is 0 Å². The summed E-state index contributed by atoms with van der Waals surface area (Å²) in [6, 6.07) is 18.7. The molecule has 0 saturated carbocycles. The van der Waals surface area contributed by atoms with Gasteiger partial charge in [-0.3, -0.25) is 4.79 Å². The highest BCUT2D eigenvalue weighted by Gasteiger charge is 2.20. The number of pyridine rings is 1. The van der Waals surface area contributed by atoms with Gasteiger partial charge in [0.25, 0.3) is 5.91 Å². The molecule has 0 spiro atoms. The number of nitrogens with zero attached hydrogens (tertiary/aromatic N) is 4. The lowest BCUT2D eigenvalue weighted by Crippen LogP contribution is -2.14. The number of hydrogen-bond donors (Lipinski definition) is 1. The third-order valence-electron chi connectivity index (χ3n) is 5.10. The van der Waals surface area contributed by atoms with Crippen LogP contribution in [-0.4, -0.2) is 49.0 Å². The van der Waals surface area contributed by atoms with Crippen LogP contribution < -0.4 is 19.7 Å². The number of benzene rings is 2. The van der Waals surface area contributed by atoms with E-state index in [1.165, 1.54) is 0 Å². The van der Waals surface area contributed by atoms with Crippen molar-refractivity contribution in [1.82, 2.24) is 14.8 Å². The van der Waals surface area contributed by atoms with Gasteiger partial charge in [0.15, 0.2) is 11.5 Å². The highest BCUT2D eigenvalue weighted by molar-refractivity contribution is 6.08. The number of rotatable bonds is 7. The van der Waals surface area contributed by atoms with Gasteiger partial charge in [0.2, 0.25) is 0 Å². The van der Waals surface area contributed by atoms with Crippen LogP contribution in [0.5, 0.6) is 11.5 Å². The topological polar surface area (TPSA) is 81.5 Å². The predicted molar refractivity (Wildman–Crippen MR) is 129 cm³/mol. The summed E-state index contributed by atoms with van der Waals surface area (Å²) in [5, 5.41) is 7.64. The maximum absolute atomic E-state index is 13.3. The van der Waals surface area contributed by atoms with Crippen LogP contribution in [0.1, 0.15) is 10.4 Å². The van der Waals surface area contributed by atoms with Crippen molar-refractivity contribution in [2.75, 3.05) is 38.5 Å². The Morgan fingerprint density at radius 1 is 0.970 bits per heavy atom. The lowest BCUT2D eigenvalue weighted by atomic mass is 10.1. The molecule has 1 N–H and O–H groups in total. The molecule has 2 heterocycles. The minimum absolute atomic E-state index is 0.290. The Balaban J connectivity index is 1.74. The lowest BCUT2D eigenvalue weighted by Gasteiger charge is -2.12. The van der Waals surface area contributed by atoms with E-state index in [4.69, 9.17) is 14.6 Å². The van der Waals surface area contributed by atoms with E-state index in [0.717, 1.165) is 17.1 Å². The van der Waals surface area contributed by atoms with Gasteiger partial charge in [0, 0.05) is 25.9 Å². The molecule has 8 nitrogen and oxygen atoms in total. The highest BCUT2D eigenvalue weighted by Crippen LogP contribution is 2.33. The summed E-state index contributed by atoms with van der Waals surface area (Å²) in [6.07, 6.45) is 3.35. The number of aromatic nitrogens is 3. The molecule has 0 unspecified atom stereocenters. The van der Waals surface area contributed by atoms with Gasteiger partial charge >= 0.3 is 0 Å². The van der Waals surface area contributed by atoms with Crippen molar-refractivity contribution >= 4 is 17.4 Å². The molecular formula is C25H25N5O3. The number of ether oxygens (including phenoxy) is 2. The maximum Gasteiger partial charge on any atom is 0.259 e. The van der Waals surface area contributed by atoms with Crippen LogP contribution in [0, 0.1) is 0 Å². The van der Waals surface area contributed by atoms with Crippen molar-refractivity contribution in [1.29, 1.82) is 0 Å². The molecule has 0 bridgehead atoms. The fraction of sp³-hybridized carbons (Fsp3) is 0.160. The summed E-state index contributed by atoms with van der Waals surface area (Å²) < 4.78 is 12.5. The molecule has 0 fully saturated rings. The molecule has 1 amide bonds. The molecule has 33 heavy (non-hydrogen) atoms. The van der Waals surface area contributed by atoms with Crippen LogP contribution in [0.15, 0.2) is 73.1 Å². The molecule has 0 atom stereocenters. The van der Waals surface area contributed by atoms with Gasteiger partial charge in [0.05, 0.1) is 37.4 Å². The highest BCUT2D eigenvalue weighted by atomic mass is 16.5. The maximum atomic E-state index is 13.3. The average molecular weight is 444 g/mol. The normalized spacial score (nSPS) is 10.5. The summed E-state index contributed by atoms with van der Waals surface area (Å²) in [6.45, 7) is 0. The first-order valence-corrected chi connectivity index (χ1v) is 10.3. The van der Waals surface area contributed by atoms with Crippen LogP contribution in [0.4, 0.5) is 11.5 Å². The summed E-state index contributed by atoms with van der Waals surface area (Å²) >= 11 is 0. The van der Waals surface area contributed by atoms with Gasteiger partial charge in [-0.2, -0.15) is 5.10 Å². The zero-order valence-corrected chi connectivity index (χ0v) is 18.9. The van der Waals surface area contributed by atoms with Gasteiger partial charge in [-0.1, -0.05) is 18.2 Å². The minimum Gasteiger partial charge on any atom is -0.493 e. The number of hydrogen-bond acceptors (Lipinski definition) is 6. The van der Waals surface area contributed by atoms with Crippen LogP contribution in [0.2, 0.25) is 0 Å². The second-order valence-electron chi connectivity index (χ2n) is 7.49. The quantitative estimate of drug-likeness (QED) is 0.459. The third-order valence-corrected chi connectivity index (χ3v) is 5.10. The summed E-state index contributed by atoms with van der Waals surface area (Å²) in [5.41, 5.74) is 3.11. The molecule has 0 aliphatic rings. The summed E-state index contributed by atoms with van der Waals surface area (Å²) in [5.74, 6) is 1.66. The average Bonchev–Trinajstić information content (AvgIpc) is 3.30. The molecule has 4 rings (SSSR count). The predicted octanol–water partition coefficient (Wildman–Crippen LogP) is 4.27. The van der Waals surface area contributed by atoms with Gasteiger partial charge < -0.3 is 19.7 Å². The van der Waals surface area contributed by atoms with Crippen molar-refractivity contribution in [3.8, 4) is 28.4 Å². The Morgan fingerprint density at radius 2 is 1.73 bits per heavy atom. The van der Waals surface area contributed by atoms with Crippen LogP contribution in [0.25, 0.3) is 16.9 Å². The van der Waals surface area contributed by atoms with Gasteiger partial charge in [0.1, 0.15) is 11.5 Å². The molecule has 0 radical (unpaired) electrons. The zero-order chi connectivity index (χ0) is 23.4. The van der Waals surface area contributed by atoms with Gasteiger partial charge in [-0.15, -0.1) is 0 Å². The second-order valence-corrected chi connectivity index (χ2v) is 7.49. The van der Waals surface area contributed by atoms with E-state index in [0.29, 0.717) is 28.4 Å². The molecule has 8 heteroatoms. The van der Waals surface area contributed by atoms with E-state index in [-0.39, 0.29) is 5.91 Å². The smallest absolute Gasteiger partial charge is 0.259 e. The zero-order valence-electron chi connectivity index (χ0n) is 18.9. The largest absolute Gasteiger partial charge is 0.493 e. The standard InChI is InChI=1S/C25H25N5O3/c1-29(2)23-13-11-18(15-26-23)27-25(31)20-16-30(19-8-6-5-7-9-19)28-24(20)17-10-12-21(32-3)22(14-17)33-4/h5-16H,1-4H3,(H,27,31). The first kappa shape index (κ1) is 21.9. The fourth-order valence-electron chi connectivity index (χ4n) is 3.37. The number of para-hydroxylation sites is 1. The number of carbonyl (C=O) groups is 1. The van der Waals surface area contributed by atoms with E-state index >= 15 is 0 Å². The third kappa shape index (κ3) is 4.64. The summed E-state index contributed by atoms with van der Waals surface area (Å²) in [7, 11) is 6.97. The lowest BCUT2D eigenvalue weighted by molar-refractivity contribution is 0.102. The summed E-state index contributed by atoms with van der Waals surface area (Å²) in [4.78, 5) is 19.5. The number of carbonyl (C=O) groups excluding carboxylic acids is 1. The molecule has 2 aromatic heterocycles. The minimum atomic E-state index is -0.290. The molecule has 0 aliphatic heterocycles. The Bertz CT molecular complexity index is 1250. The van der Waals surface area contributed by atoms with Crippen molar-refractivity contribution < 1.29 is 14.3 Å². The van der Waals surface area contributed by atoms with Crippen LogP contribution in [0.3, 0.4) is 0 Å². The molecule has 0 saturated heterocycles. The van der Waals surface area contributed by atoms with E-state index in [1.807, 2.05) is 67.5 Å². The van der Waals surface area contributed by atoms with Crippen molar-refractivity contribution in [2.24, 2.45) is 0 Å². The van der Waals surface area contributed by atoms with Gasteiger partial charge in [-0.25, -0.2) is 9.67 Å². The van der Waals surface area contributed by atoms with E-state index < -0.39 is 0 Å². The number of methoxy groups -OCH3 is 2. The number of nitrogens with one attached hydrogen (secondary N) is 1. The molecule has 2 aromatic carbocycles.